The lowest BCUT2D eigenvalue weighted by atomic mass is 10.1. The average Bonchev–Trinajstić information content (AvgIpc) is 2.28. The van der Waals surface area contributed by atoms with Crippen LogP contribution in [0.2, 0.25) is 0 Å². The highest BCUT2D eigenvalue weighted by Crippen LogP contribution is 2.22. The topological polar surface area (TPSA) is 0 Å². The van der Waals surface area contributed by atoms with Gasteiger partial charge in [-0.15, -0.1) is 11.3 Å². The van der Waals surface area contributed by atoms with Crippen molar-refractivity contribution >= 4 is 11.3 Å². The Balaban J connectivity index is 2.53. The van der Waals surface area contributed by atoms with Gasteiger partial charge in [-0.25, -0.2) is 0 Å². The third kappa shape index (κ3) is 2.63. The van der Waals surface area contributed by atoms with Crippen LogP contribution >= 0.6 is 11.3 Å². The quantitative estimate of drug-likeness (QED) is 0.664. The van der Waals surface area contributed by atoms with E-state index >= 15 is 0 Å². The fourth-order valence-corrected chi connectivity index (χ4v) is 2.27. The summed E-state index contributed by atoms with van der Waals surface area (Å²) in [6, 6.07) is 2.34. The Hall–Kier alpha value is -0.300. The van der Waals surface area contributed by atoms with Crippen molar-refractivity contribution in [1.29, 1.82) is 0 Å². The normalized spacial score (nSPS) is 11.1. The smallest absolute Gasteiger partial charge is 0.00509 e. The van der Waals surface area contributed by atoms with Crippen LogP contribution in [-0.2, 0) is 6.42 Å². The maximum absolute atomic E-state index is 2.34. The van der Waals surface area contributed by atoms with Crippen molar-refractivity contribution in [1.82, 2.24) is 0 Å². The first-order valence-electron chi connectivity index (χ1n) is 4.65. The molecule has 0 aliphatic rings. The summed E-state index contributed by atoms with van der Waals surface area (Å²) in [5.41, 5.74) is 1.46. The number of aryl methyl sites for hydroxylation is 3. The average molecular weight is 182 g/mol. The zero-order valence-electron chi connectivity index (χ0n) is 8.48. The van der Waals surface area contributed by atoms with Crippen LogP contribution < -0.4 is 0 Å². The monoisotopic (exact) mass is 182 g/mol. The molecule has 0 saturated heterocycles. The number of hydrogen-bond donors (Lipinski definition) is 0. The maximum atomic E-state index is 2.34. The molecule has 0 spiro atoms. The van der Waals surface area contributed by atoms with E-state index in [0.29, 0.717) is 0 Å². The molecule has 0 N–H and O–H groups in total. The molecule has 12 heavy (non-hydrogen) atoms. The van der Waals surface area contributed by atoms with E-state index in [1.807, 2.05) is 11.3 Å². The Bertz CT molecular complexity index is 226. The molecule has 0 saturated carbocycles. The van der Waals surface area contributed by atoms with E-state index in [-0.39, 0.29) is 0 Å². The van der Waals surface area contributed by atoms with E-state index in [1.54, 1.807) is 4.88 Å². The van der Waals surface area contributed by atoms with Crippen LogP contribution in [0.15, 0.2) is 6.07 Å². The minimum atomic E-state index is 0.827. The predicted octanol–water partition coefficient (Wildman–Crippen LogP) is 3.95. The highest BCUT2D eigenvalue weighted by atomic mass is 32.1. The minimum absolute atomic E-state index is 0.827. The lowest BCUT2D eigenvalue weighted by molar-refractivity contribution is 0.590. The molecular weight excluding hydrogens is 164 g/mol. The van der Waals surface area contributed by atoms with Gasteiger partial charge >= 0.3 is 0 Å². The van der Waals surface area contributed by atoms with Gasteiger partial charge in [0.05, 0.1) is 0 Å². The summed E-state index contributed by atoms with van der Waals surface area (Å²) in [5, 5.41) is 0. The van der Waals surface area contributed by atoms with Gasteiger partial charge < -0.3 is 0 Å². The van der Waals surface area contributed by atoms with Crippen molar-refractivity contribution in [3.8, 4) is 0 Å². The zero-order valence-corrected chi connectivity index (χ0v) is 9.29. The van der Waals surface area contributed by atoms with Gasteiger partial charge in [0.2, 0.25) is 0 Å². The SMILES string of the molecule is Cc1cc(CCC(C)C)sc1C. The standard InChI is InChI=1S/C11H18S/c1-8(2)5-6-11-7-9(3)10(4)12-11/h7-8H,5-6H2,1-4H3. The first kappa shape index (κ1) is 9.79. The fourth-order valence-electron chi connectivity index (χ4n) is 1.20. The van der Waals surface area contributed by atoms with E-state index in [4.69, 9.17) is 0 Å². The summed E-state index contributed by atoms with van der Waals surface area (Å²) in [6.45, 7) is 8.98. The van der Waals surface area contributed by atoms with Gasteiger partial charge in [-0.1, -0.05) is 13.8 Å². The fraction of sp³-hybridized carbons (Fsp3) is 0.636. The Morgan fingerprint density at radius 1 is 1.33 bits per heavy atom. The lowest BCUT2D eigenvalue weighted by Crippen LogP contribution is -1.88. The largest absolute Gasteiger partial charge is 0.145 e. The third-order valence-corrected chi connectivity index (χ3v) is 3.40. The second-order valence-electron chi connectivity index (χ2n) is 3.88. The molecule has 0 nitrogen and oxygen atoms in total. The minimum Gasteiger partial charge on any atom is -0.145 e. The summed E-state index contributed by atoms with van der Waals surface area (Å²) in [6.07, 6.45) is 2.58. The molecule has 1 heterocycles. The van der Waals surface area contributed by atoms with Gasteiger partial charge in [-0.3, -0.25) is 0 Å². The van der Waals surface area contributed by atoms with Crippen molar-refractivity contribution in [2.75, 3.05) is 0 Å². The Labute approximate surface area is 79.6 Å². The first-order valence-corrected chi connectivity index (χ1v) is 5.47. The molecule has 0 aliphatic heterocycles. The van der Waals surface area contributed by atoms with Crippen molar-refractivity contribution in [3.63, 3.8) is 0 Å². The van der Waals surface area contributed by atoms with Crippen LogP contribution in [0.25, 0.3) is 0 Å². The van der Waals surface area contributed by atoms with E-state index in [2.05, 4.69) is 33.8 Å². The Morgan fingerprint density at radius 2 is 2.00 bits per heavy atom. The highest BCUT2D eigenvalue weighted by Gasteiger charge is 2.02. The summed E-state index contributed by atoms with van der Waals surface area (Å²) in [7, 11) is 0. The van der Waals surface area contributed by atoms with Gasteiger partial charge in [-0.05, 0) is 44.2 Å². The summed E-state index contributed by atoms with van der Waals surface area (Å²) >= 11 is 1.96. The molecule has 0 radical (unpaired) electrons. The molecule has 1 aromatic heterocycles. The molecular formula is C11H18S. The van der Waals surface area contributed by atoms with Crippen LogP contribution in [0.5, 0.6) is 0 Å². The van der Waals surface area contributed by atoms with Crippen molar-refractivity contribution in [3.05, 3.63) is 21.4 Å². The van der Waals surface area contributed by atoms with Crippen LogP contribution in [0.3, 0.4) is 0 Å². The maximum Gasteiger partial charge on any atom is 0.00509 e. The van der Waals surface area contributed by atoms with Gasteiger partial charge in [0.15, 0.2) is 0 Å². The number of hydrogen-bond acceptors (Lipinski definition) is 1. The second kappa shape index (κ2) is 4.08. The van der Waals surface area contributed by atoms with Crippen LogP contribution in [0.1, 0.15) is 35.6 Å². The van der Waals surface area contributed by atoms with E-state index in [9.17, 15) is 0 Å². The van der Waals surface area contributed by atoms with E-state index in [0.717, 1.165) is 5.92 Å². The lowest BCUT2D eigenvalue weighted by Gasteiger charge is -2.00. The van der Waals surface area contributed by atoms with Crippen LogP contribution in [0, 0.1) is 19.8 Å². The molecule has 0 fully saturated rings. The number of thiophene rings is 1. The van der Waals surface area contributed by atoms with Crippen molar-refractivity contribution in [2.24, 2.45) is 5.92 Å². The van der Waals surface area contributed by atoms with Gasteiger partial charge in [0.1, 0.15) is 0 Å². The third-order valence-electron chi connectivity index (χ3n) is 2.19. The summed E-state index contributed by atoms with van der Waals surface area (Å²) in [4.78, 5) is 3.03. The highest BCUT2D eigenvalue weighted by molar-refractivity contribution is 7.12. The second-order valence-corrected chi connectivity index (χ2v) is 5.23. The molecule has 0 bridgehead atoms. The van der Waals surface area contributed by atoms with Crippen LogP contribution in [0.4, 0.5) is 0 Å². The molecule has 0 aromatic carbocycles. The van der Waals surface area contributed by atoms with Gasteiger partial charge in [0, 0.05) is 9.75 Å². The predicted molar refractivity (Wildman–Crippen MR) is 57.0 cm³/mol. The molecule has 1 rings (SSSR count). The molecule has 1 aromatic rings. The first-order chi connectivity index (χ1) is 5.59. The van der Waals surface area contributed by atoms with Crippen LogP contribution in [-0.4, -0.2) is 0 Å². The molecule has 0 aliphatic carbocycles. The molecule has 0 atom stereocenters. The van der Waals surface area contributed by atoms with Crippen molar-refractivity contribution < 1.29 is 0 Å². The van der Waals surface area contributed by atoms with Crippen molar-refractivity contribution in [2.45, 2.75) is 40.5 Å². The molecule has 0 unspecified atom stereocenters. The Kier molecular flexibility index (Phi) is 3.33. The zero-order chi connectivity index (χ0) is 9.14. The summed E-state index contributed by atoms with van der Waals surface area (Å²) < 4.78 is 0. The van der Waals surface area contributed by atoms with Gasteiger partial charge in [-0.2, -0.15) is 0 Å². The molecule has 68 valence electrons. The number of rotatable bonds is 3. The van der Waals surface area contributed by atoms with E-state index in [1.165, 1.54) is 23.3 Å². The molecule has 1 heteroatoms. The van der Waals surface area contributed by atoms with E-state index < -0.39 is 0 Å². The Morgan fingerprint density at radius 3 is 2.42 bits per heavy atom. The molecule has 0 amide bonds. The summed E-state index contributed by atoms with van der Waals surface area (Å²) in [5.74, 6) is 0.827. The van der Waals surface area contributed by atoms with Gasteiger partial charge in [0.25, 0.3) is 0 Å².